The van der Waals surface area contributed by atoms with Crippen molar-refractivity contribution in [3.8, 4) is 0 Å². The van der Waals surface area contributed by atoms with Crippen molar-refractivity contribution in [3.63, 3.8) is 0 Å². The van der Waals surface area contributed by atoms with Crippen LogP contribution in [0.15, 0.2) is 4.99 Å². The highest BCUT2D eigenvalue weighted by Gasteiger charge is 2.38. The van der Waals surface area contributed by atoms with Crippen LogP contribution in [0, 0.1) is 0 Å². The number of aliphatic imine (C=N–C) groups is 1. The third-order valence-electron chi connectivity index (χ3n) is 4.44. The SMILES string of the molecule is CN=C(NCC(O)C(F)(F)F)N1CCN(CC(=O)N2CCOCC2)CC1.I. The van der Waals surface area contributed by atoms with E-state index in [-0.39, 0.29) is 29.9 Å². The second kappa shape index (κ2) is 11.2. The molecule has 0 aliphatic carbocycles. The summed E-state index contributed by atoms with van der Waals surface area (Å²) in [7, 11) is 1.48. The summed E-state index contributed by atoms with van der Waals surface area (Å²) < 4.78 is 42.4. The standard InChI is InChI=1S/C15H26F3N5O3.HI/c1-19-14(20-10-12(24)15(16,17)18)23-4-2-21(3-5-23)11-13(25)22-6-8-26-9-7-22;/h12,24H,2-11H2,1H3,(H,19,20);1H. The summed E-state index contributed by atoms with van der Waals surface area (Å²) in [6.45, 7) is 4.32. The molecule has 2 saturated heterocycles. The summed E-state index contributed by atoms with van der Waals surface area (Å²) in [5.74, 6) is 0.380. The van der Waals surface area contributed by atoms with Crippen LogP contribution in [0.4, 0.5) is 13.2 Å². The van der Waals surface area contributed by atoms with Crippen molar-refractivity contribution in [1.82, 2.24) is 20.0 Å². The predicted molar refractivity (Wildman–Crippen MR) is 104 cm³/mol. The number of piperazine rings is 1. The van der Waals surface area contributed by atoms with E-state index in [4.69, 9.17) is 9.84 Å². The number of carbonyl (C=O) groups is 1. The highest BCUT2D eigenvalue weighted by Crippen LogP contribution is 2.19. The van der Waals surface area contributed by atoms with Crippen molar-refractivity contribution in [1.29, 1.82) is 0 Å². The van der Waals surface area contributed by atoms with Crippen molar-refractivity contribution in [3.05, 3.63) is 0 Å². The number of nitrogens with one attached hydrogen (secondary N) is 1. The molecule has 0 saturated carbocycles. The summed E-state index contributed by atoms with van der Waals surface area (Å²) in [6.07, 6.45) is -7.10. The van der Waals surface area contributed by atoms with Crippen LogP contribution in [-0.2, 0) is 9.53 Å². The minimum absolute atomic E-state index is 0. The number of amides is 1. The second-order valence-electron chi connectivity index (χ2n) is 6.24. The van der Waals surface area contributed by atoms with E-state index in [0.717, 1.165) is 0 Å². The molecular weight excluding hydrogens is 482 g/mol. The molecule has 0 aromatic heterocycles. The molecule has 0 radical (unpaired) electrons. The Kier molecular flexibility index (Phi) is 10.0. The van der Waals surface area contributed by atoms with Gasteiger partial charge in [-0.2, -0.15) is 13.2 Å². The molecule has 2 fully saturated rings. The molecule has 0 aromatic rings. The number of hydrogen-bond acceptors (Lipinski definition) is 5. The van der Waals surface area contributed by atoms with Crippen LogP contribution in [0.3, 0.4) is 0 Å². The molecule has 1 atom stereocenters. The molecule has 158 valence electrons. The van der Waals surface area contributed by atoms with Crippen molar-refractivity contribution in [2.45, 2.75) is 12.3 Å². The number of rotatable bonds is 4. The first-order valence-corrected chi connectivity index (χ1v) is 8.59. The van der Waals surface area contributed by atoms with Gasteiger partial charge < -0.3 is 25.0 Å². The molecule has 0 bridgehead atoms. The van der Waals surface area contributed by atoms with Gasteiger partial charge in [0.1, 0.15) is 0 Å². The molecule has 0 aromatic carbocycles. The Hall–Kier alpha value is -0.860. The van der Waals surface area contributed by atoms with E-state index in [2.05, 4.69) is 10.3 Å². The number of aliphatic hydroxyl groups is 1. The van der Waals surface area contributed by atoms with Gasteiger partial charge in [0.05, 0.1) is 26.3 Å². The number of halogens is 4. The van der Waals surface area contributed by atoms with Gasteiger partial charge in [-0.15, -0.1) is 24.0 Å². The third-order valence-corrected chi connectivity index (χ3v) is 4.44. The Morgan fingerprint density at radius 3 is 2.26 bits per heavy atom. The fourth-order valence-electron chi connectivity index (χ4n) is 2.86. The topological polar surface area (TPSA) is 80.6 Å². The molecule has 2 heterocycles. The van der Waals surface area contributed by atoms with Gasteiger partial charge in [0.2, 0.25) is 5.91 Å². The Bertz CT molecular complexity index is 496. The lowest BCUT2D eigenvalue weighted by Crippen LogP contribution is -2.55. The normalized spacial score (nSPS) is 20.9. The van der Waals surface area contributed by atoms with E-state index in [0.29, 0.717) is 65.0 Å². The summed E-state index contributed by atoms with van der Waals surface area (Å²) in [5, 5.41) is 11.6. The Balaban J connectivity index is 0.00000364. The minimum atomic E-state index is -4.66. The lowest BCUT2D eigenvalue weighted by molar-refractivity contribution is -0.201. The highest BCUT2D eigenvalue weighted by molar-refractivity contribution is 14.0. The van der Waals surface area contributed by atoms with Gasteiger partial charge in [-0.25, -0.2) is 0 Å². The van der Waals surface area contributed by atoms with Gasteiger partial charge in [0, 0.05) is 46.3 Å². The van der Waals surface area contributed by atoms with Gasteiger partial charge in [-0.3, -0.25) is 14.7 Å². The summed E-state index contributed by atoms with van der Waals surface area (Å²) in [4.78, 5) is 21.8. The number of ether oxygens (including phenoxy) is 1. The largest absolute Gasteiger partial charge is 0.416 e. The van der Waals surface area contributed by atoms with Gasteiger partial charge in [-0.1, -0.05) is 0 Å². The van der Waals surface area contributed by atoms with Gasteiger partial charge >= 0.3 is 6.18 Å². The van der Waals surface area contributed by atoms with Crippen LogP contribution in [0.5, 0.6) is 0 Å². The predicted octanol–water partition coefficient (Wildman–Crippen LogP) is -0.421. The zero-order chi connectivity index (χ0) is 19.2. The molecule has 12 heteroatoms. The Morgan fingerprint density at radius 1 is 1.15 bits per heavy atom. The Labute approximate surface area is 173 Å². The third kappa shape index (κ3) is 7.58. The smallest absolute Gasteiger partial charge is 0.382 e. The Morgan fingerprint density at radius 2 is 1.74 bits per heavy atom. The zero-order valence-electron chi connectivity index (χ0n) is 15.2. The maximum absolute atomic E-state index is 12.4. The first kappa shape index (κ1) is 24.2. The highest BCUT2D eigenvalue weighted by atomic mass is 127. The average molecular weight is 509 g/mol. The molecular formula is C15H27F3IN5O3. The maximum Gasteiger partial charge on any atom is 0.416 e. The van der Waals surface area contributed by atoms with Crippen molar-refractivity contribution < 1.29 is 27.8 Å². The van der Waals surface area contributed by atoms with E-state index in [1.54, 1.807) is 4.90 Å². The van der Waals surface area contributed by atoms with Crippen LogP contribution in [0.25, 0.3) is 0 Å². The molecule has 2 rings (SSSR count). The van der Waals surface area contributed by atoms with E-state index >= 15 is 0 Å². The average Bonchev–Trinajstić information content (AvgIpc) is 2.63. The molecule has 2 aliphatic heterocycles. The van der Waals surface area contributed by atoms with Gasteiger partial charge in [0.15, 0.2) is 12.1 Å². The van der Waals surface area contributed by atoms with Crippen molar-refractivity contribution in [2.75, 3.05) is 72.6 Å². The summed E-state index contributed by atoms with van der Waals surface area (Å²) in [6, 6.07) is 0. The molecule has 2 N–H and O–H groups in total. The number of carbonyl (C=O) groups excluding carboxylic acids is 1. The fraction of sp³-hybridized carbons (Fsp3) is 0.867. The summed E-state index contributed by atoms with van der Waals surface area (Å²) in [5.41, 5.74) is 0. The summed E-state index contributed by atoms with van der Waals surface area (Å²) >= 11 is 0. The van der Waals surface area contributed by atoms with Gasteiger partial charge in [0.25, 0.3) is 0 Å². The molecule has 27 heavy (non-hydrogen) atoms. The van der Waals surface area contributed by atoms with E-state index in [1.165, 1.54) is 7.05 Å². The quantitative estimate of drug-likeness (QED) is 0.305. The zero-order valence-corrected chi connectivity index (χ0v) is 17.6. The number of alkyl halides is 3. The lowest BCUT2D eigenvalue weighted by atomic mass is 10.3. The van der Waals surface area contributed by atoms with Gasteiger partial charge in [-0.05, 0) is 0 Å². The number of morpholine rings is 1. The molecule has 2 aliphatic rings. The monoisotopic (exact) mass is 509 g/mol. The van der Waals surface area contributed by atoms with Crippen LogP contribution >= 0.6 is 24.0 Å². The first-order valence-electron chi connectivity index (χ1n) is 8.59. The maximum atomic E-state index is 12.4. The minimum Gasteiger partial charge on any atom is -0.382 e. The fourth-order valence-corrected chi connectivity index (χ4v) is 2.86. The number of nitrogens with zero attached hydrogens (tertiary/aromatic N) is 4. The number of guanidine groups is 1. The number of aliphatic hydroxyl groups excluding tert-OH is 1. The lowest BCUT2D eigenvalue weighted by Gasteiger charge is -2.37. The number of hydrogen-bond donors (Lipinski definition) is 2. The van der Waals surface area contributed by atoms with E-state index in [9.17, 15) is 18.0 Å². The van der Waals surface area contributed by atoms with E-state index in [1.807, 2.05) is 9.80 Å². The molecule has 1 amide bonds. The van der Waals surface area contributed by atoms with Crippen LogP contribution in [0.1, 0.15) is 0 Å². The van der Waals surface area contributed by atoms with Crippen LogP contribution in [0.2, 0.25) is 0 Å². The van der Waals surface area contributed by atoms with E-state index < -0.39 is 18.8 Å². The molecule has 8 nitrogen and oxygen atoms in total. The second-order valence-corrected chi connectivity index (χ2v) is 6.24. The van der Waals surface area contributed by atoms with Crippen LogP contribution in [-0.4, -0.2) is 117 Å². The molecule has 0 spiro atoms. The van der Waals surface area contributed by atoms with Crippen LogP contribution < -0.4 is 5.32 Å². The first-order chi connectivity index (χ1) is 12.3. The molecule has 1 unspecified atom stereocenters. The van der Waals surface area contributed by atoms with Crippen molar-refractivity contribution in [2.24, 2.45) is 4.99 Å². The van der Waals surface area contributed by atoms with Crippen molar-refractivity contribution >= 4 is 35.8 Å².